The second-order valence-corrected chi connectivity index (χ2v) is 6.28. The first kappa shape index (κ1) is 19.8. The maximum atomic E-state index is 9.75. The van der Waals surface area contributed by atoms with E-state index in [9.17, 15) is 15.3 Å². The van der Waals surface area contributed by atoms with Gasteiger partial charge in [0.15, 0.2) is 0 Å². The Morgan fingerprint density at radius 3 is 2.09 bits per heavy atom. The molecule has 0 aromatic rings. The third-order valence-corrected chi connectivity index (χ3v) is 4.32. The van der Waals surface area contributed by atoms with Crippen LogP contribution in [0.15, 0.2) is 0 Å². The fourth-order valence-corrected chi connectivity index (χ4v) is 2.85. The molecule has 22 heavy (non-hydrogen) atoms. The number of rotatable bonds is 13. The lowest BCUT2D eigenvalue weighted by Crippen LogP contribution is -2.42. The van der Waals surface area contributed by atoms with Gasteiger partial charge in [0.05, 0.1) is 13.2 Å². The summed E-state index contributed by atoms with van der Waals surface area (Å²) < 4.78 is 10.9. The van der Waals surface area contributed by atoms with Crippen molar-refractivity contribution in [2.45, 2.75) is 89.1 Å². The first-order chi connectivity index (χ1) is 10.7. The molecule has 1 saturated heterocycles. The molecular formula is C17H34O5. The van der Waals surface area contributed by atoms with Crippen molar-refractivity contribution >= 4 is 0 Å². The maximum Gasteiger partial charge on any atom is 0.114 e. The molecule has 0 aromatic heterocycles. The van der Waals surface area contributed by atoms with Crippen LogP contribution in [0.3, 0.4) is 0 Å². The molecule has 1 aliphatic rings. The van der Waals surface area contributed by atoms with Crippen molar-refractivity contribution in [3.05, 3.63) is 0 Å². The van der Waals surface area contributed by atoms with Gasteiger partial charge < -0.3 is 24.8 Å². The highest BCUT2D eigenvalue weighted by atomic mass is 16.6. The minimum atomic E-state index is -0.972. The van der Waals surface area contributed by atoms with Crippen LogP contribution in [-0.4, -0.2) is 59.6 Å². The van der Waals surface area contributed by atoms with Crippen LogP contribution in [0.1, 0.15) is 64.7 Å². The fraction of sp³-hybridized carbons (Fsp3) is 1.00. The van der Waals surface area contributed by atoms with E-state index in [2.05, 4.69) is 6.92 Å². The first-order valence-corrected chi connectivity index (χ1v) is 8.90. The van der Waals surface area contributed by atoms with Crippen LogP contribution in [0.4, 0.5) is 0 Å². The Hall–Kier alpha value is -0.200. The molecule has 1 aliphatic heterocycles. The molecule has 3 N–H and O–H groups in total. The molecule has 0 amide bonds. The van der Waals surface area contributed by atoms with E-state index < -0.39 is 24.4 Å². The number of hydrogen-bond acceptors (Lipinski definition) is 5. The lowest BCUT2D eigenvalue weighted by molar-refractivity contribution is -0.101. The lowest BCUT2D eigenvalue weighted by atomic mass is 10.1. The Kier molecular flexibility index (Phi) is 11.1. The Labute approximate surface area is 134 Å². The zero-order valence-corrected chi connectivity index (χ0v) is 14.0. The van der Waals surface area contributed by atoms with E-state index in [0.29, 0.717) is 6.61 Å². The highest BCUT2D eigenvalue weighted by molar-refractivity contribution is 4.88. The molecule has 0 aromatic carbocycles. The smallest absolute Gasteiger partial charge is 0.114 e. The van der Waals surface area contributed by atoms with Gasteiger partial charge in [0.2, 0.25) is 0 Å². The van der Waals surface area contributed by atoms with Crippen molar-refractivity contribution in [1.82, 2.24) is 0 Å². The molecule has 0 radical (unpaired) electrons. The summed E-state index contributed by atoms with van der Waals surface area (Å²) in [5.74, 6) is 0. The highest BCUT2D eigenvalue weighted by Gasteiger charge is 2.40. The molecular weight excluding hydrogens is 284 g/mol. The third kappa shape index (κ3) is 7.38. The van der Waals surface area contributed by atoms with E-state index in [0.717, 1.165) is 12.8 Å². The van der Waals surface area contributed by atoms with Gasteiger partial charge in [0.25, 0.3) is 0 Å². The Balaban J connectivity index is 1.98. The van der Waals surface area contributed by atoms with Crippen LogP contribution in [0.5, 0.6) is 0 Å². The Bertz CT molecular complexity index is 261. The molecule has 1 rings (SSSR count). The monoisotopic (exact) mass is 318 g/mol. The van der Waals surface area contributed by atoms with Gasteiger partial charge in [-0.25, -0.2) is 0 Å². The molecule has 0 saturated carbocycles. The van der Waals surface area contributed by atoms with E-state index in [1.54, 1.807) is 0 Å². The summed E-state index contributed by atoms with van der Waals surface area (Å²) >= 11 is 0. The summed E-state index contributed by atoms with van der Waals surface area (Å²) in [4.78, 5) is 0. The third-order valence-electron chi connectivity index (χ3n) is 4.32. The summed E-state index contributed by atoms with van der Waals surface area (Å²) in [7, 11) is 0. The zero-order chi connectivity index (χ0) is 16.2. The number of hydrogen-bond donors (Lipinski definition) is 3. The summed E-state index contributed by atoms with van der Waals surface area (Å²) in [5.41, 5.74) is 0. The summed E-state index contributed by atoms with van der Waals surface area (Å²) in [6, 6.07) is 0. The fourth-order valence-electron chi connectivity index (χ4n) is 2.85. The molecule has 0 aliphatic carbocycles. The van der Waals surface area contributed by atoms with E-state index >= 15 is 0 Å². The maximum absolute atomic E-state index is 9.75. The van der Waals surface area contributed by atoms with E-state index in [1.807, 2.05) is 0 Å². The van der Waals surface area contributed by atoms with Gasteiger partial charge in [0, 0.05) is 6.61 Å². The van der Waals surface area contributed by atoms with Crippen molar-refractivity contribution < 1.29 is 24.8 Å². The van der Waals surface area contributed by atoms with Gasteiger partial charge in [-0.3, -0.25) is 0 Å². The highest BCUT2D eigenvalue weighted by Crippen LogP contribution is 2.20. The molecule has 1 fully saturated rings. The number of aliphatic hydroxyl groups is 3. The van der Waals surface area contributed by atoms with Crippen LogP contribution in [0.25, 0.3) is 0 Å². The Morgan fingerprint density at radius 2 is 1.59 bits per heavy atom. The standard InChI is InChI=1S/C17H34O5/c1-2-3-4-5-6-7-8-9-10-11-21-15(12-18)17-16(20)14(19)13-22-17/h14-20H,2-13H2,1H3/t14-,15+,16-,17-/m1/s1. The van der Waals surface area contributed by atoms with Crippen LogP contribution in [0, 0.1) is 0 Å². The quantitative estimate of drug-likeness (QED) is 0.453. The van der Waals surface area contributed by atoms with Gasteiger partial charge in [-0.2, -0.15) is 0 Å². The van der Waals surface area contributed by atoms with Crippen molar-refractivity contribution in [3.8, 4) is 0 Å². The van der Waals surface area contributed by atoms with Crippen LogP contribution >= 0.6 is 0 Å². The van der Waals surface area contributed by atoms with E-state index in [-0.39, 0.29) is 13.2 Å². The SMILES string of the molecule is CCCCCCCCCCCO[C@@H](CO)[C@H]1OC[C@@H](O)[C@H]1O. The number of aliphatic hydroxyl groups excluding tert-OH is 3. The van der Waals surface area contributed by atoms with Gasteiger partial charge in [0.1, 0.15) is 24.4 Å². The average Bonchev–Trinajstić information content (AvgIpc) is 2.85. The normalized spacial score (nSPS) is 26.5. The predicted molar refractivity (Wildman–Crippen MR) is 85.8 cm³/mol. The first-order valence-electron chi connectivity index (χ1n) is 8.90. The van der Waals surface area contributed by atoms with Gasteiger partial charge >= 0.3 is 0 Å². The van der Waals surface area contributed by atoms with Crippen LogP contribution in [0.2, 0.25) is 0 Å². The summed E-state index contributed by atoms with van der Waals surface area (Å²) in [5, 5.41) is 28.5. The van der Waals surface area contributed by atoms with Crippen molar-refractivity contribution in [2.75, 3.05) is 19.8 Å². The van der Waals surface area contributed by atoms with E-state index in [1.165, 1.54) is 44.9 Å². The number of ether oxygens (including phenoxy) is 2. The lowest BCUT2D eigenvalue weighted by Gasteiger charge is -2.24. The van der Waals surface area contributed by atoms with Gasteiger partial charge in [-0.05, 0) is 6.42 Å². The second-order valence-electron chi connectivity index (χ2n) is 6.28. The average molecular weight is 318 g/mol. The van der Waals surface area contributed by atoms with Crippen LogP contribution in [-0.2, 0) is 9.47 Å². The molecule has 0 spiro atoms. The molecule has 0 bridgehead atoms. The molecule has 132 valence electrons. The molecule has 4 atom stereocenters. The van der Waals surface area contributed by atoms with Crippen molar-refractivity contribution in [3.63, 3.8) is 0 Å². The van der Waals surface area contributed by atoms with Crippen molar-refractivity contribution in [1.29, 1.82) is 0 Å². The minimum absolute atomic E-state index is 0.101. The second kappa shape index (κ2) is 12.3. The van der Waals surface area contributed by atoms with Gasteiger partial charge in [-0.15, -0.1) is 0 Å². The largest absolute Gasteiger partial charge is 0.394 e. The minimum Gasteiger partial charge on any atom is -0.394 e. The molecule has 5 nitrogen and oxygen atoms in total. The van der Waals surface area contributed by atoms with Crippen LogP contribution < -0.4 is 0 Å². The summed E-state index contributed by atoms with van der Waals surface area (Å²) in [6.07, 6.45) is 8.21. The number of unbranched alkanes of at least 4 members (excludes halogenated alkanes) is 8. The zero-order valence-electron chi connectivity index (χ0n) is 14.0. The molecule has 0 unspecified atom stereocenters. The predicted octanol–water partition coefficient (Wildman–Crippen LogP) is 2.02. The Morgan fingerprint density at radius 1 is 1.00 bits per heavy atom. The van der Waals surface area contributed by atoms with E-state index in [4.69, 9.17) is 9.47 Å². The molecule has 1 heterocycles. The van der Waals surface area contributed by atoms with Crippen molar-refractivity contribution in [2.24, 2.45) is 0 Å². The summed E-state index contributed by atoms with van der Waals surface area (Å²) in [6.45, 7) is 2.69. The molecule has 5 heteroatoms. The topological polar surface area (TPSA) is 79.2 Å². The van der Waals surface area contributed by atoms with Gasteiger partial charge in [-0.1, -0.05) is 58.3 Å².